The normalized spacial score (nSPS) is 17.5. The maximum Gasteiger partial charge on any atom is 0.256 e. The van der Waals surface area contributed by atoms with Crippen LogP contribution in [0.4, 0.5) is 0 Å². The van der Waals surface area contributed by atoms with Gasteiger partial charge in [0, 0.05) is 18.1 Å². The summed E-state index contributed by atoms with van der Waals surface area (Å²) in [4.78, 5) is 26.9. The van der Waals surface area contributed by atoms with Gasteiger partial charge in [-0.15, -0.1) is 0 Å². The number of benzene rings is 2. The number of carbonyl (C=O) groups is 2. The number of rotatable bonds is 2. The van der Waals surface area contributed by atoms with E-state index >= 15 is 0 Å². The van der Waals surface area contributed by atoms with Gasteiger partial charge in [-0.25, -0.2) is 0 Å². The van der Waals surface area contributed by atoms with Gasteiger partial charge in [0.2, 0.25) is 5.91 Å². The van der Waals surface area contributed by atoms with Gasteiger partial charge >= 0.3 is 0 Å². The minimum Gasteiger partial charge on any atom is -0.352 e. The van der Waals surface area contributed by atoms with Crippen LogP contribution in [0.25, 0.3) is 0 Å². The fourth-order valence-electron chi connectivity index (χ4n) is 2.78. The highest BCUT2D eigenvalue weighted by molar-refractivity contribution is 6.36. The van der Waals surface area contributed by atoms with E-state index in [1.165, 1.54) is 6.07 Å². The Labute approximate surface area is 150 Å². The second-order valence-corrected chi connectivity index (χ2v) is 6.57. The topological polar surface area (TPSA) is 49.4 Å². The van der Waals surface area contributed by atoms with E-state index in [1.807, 2.05) is 31.2 Å². The molecule has 0 bridgehead atoms. The maximum absolute atomic E-state index is 12.9. The Bertz CT molecular complexity index is 790. The van der Waals surface area contributed by atoms with Gasteiger partial charge in [0.05, 0.1) is 10.6 Å². The lowest BCUT2D eigenvalue weighted by molar-refractivity contribution is -0.128. The van der Waals surface area contributed by atoms with Crippen LogP contribution in [0.3, 0.4) is 0 Å². The lowest BCUT2D eigenvalue weighted by atomic mass is 10.00. The van der Waals surface area contributed by atoms with Crippen LogP contribution >= 0.6 is 23.2 Å². The summed E-state index contributed by atoms with van der Waals surface area (Å²) in [5.74, 6) is -0.472. The molecule has 1 aliphatic rings. The molecule has 1 atom stereocenters. The summed E-state index contributed by atoms with van der Waals surface area (Å²) in [5, 5.41) is 3.56. The highest BCUT2D eigenvalue weighted by Crippen LogP contribution is 2.28. The van der Waals surface area contributed by atoms with Crippen LogP contribution in [0, 0.1) is 6.92 Å². The number of hydrogen-bond acceptors (Lipinski definition) is 2. The average Bonchev–Trinajstić information content (AvgIpc) is 2.55. The summed E-state index contributed by atoms with van der Waals surface area (Å²) in [5.41, 5.74) is 2.21. The Morgan fingerprint density at radius 1 is 1.17 bits per heavy atom. The van der Waals surface area contributed by atoms with E-state index in [1.54, 1.807) is 17.0 Å². The average molecular weight is 363 g/mol. The molecule has 2 aromatic rings. The zero-order chi connectivity index (χ0) is 17.3. The number of halogens is 2. The van der Waals surface area contributed by atoms with Crippen LogP contribution < -0.4 is 5.32 Å². The minimum absolute atomic E-state index is 0.191. The molecule has 1 heterocycles. The van der Waals surface area contributed by atoms with Crippen molar-refractivity contribution in [1.82, 2.24) is 10.2 Å². The first-order valence-corrected chi connectivity index (χ1v) is 8.33. The highest BCUT2D eigenvalue weighted by atomic mass is 35.5. The lowest BCUT2D eigenvalue weighted by Crippen LogP contribution is -2.52. The second-order valence-electron chi connectivity index (χ2n) is 5.73. The van der Waals surface area contributed by atoms with Gasteiger partial charge in [0.15, 0.2) is 0 Å². The van der Waals surface area contributed by atoms with E-state index in [9.17, 15) is 9.59 Å². The van der Waals surface area contributed by atoms with Crippen LogP contribution in [-0.2, 0) is 4.79 Å². The van der Waals surface area contributed by atoms with Gasteiger partial charge in [0.25, 0.3) is 5.91 Å². The number of piperazine rings is 1. The van der Waals surface area contributed by atoms with Gasteiger partial charge in [-0.2, -0.15) is 0 Å². The first-order valence-electron chi connectivity index (χ1n) is 7.57. The molecule has 1 unspecified atom stereocenters. The predicted octanol–water partition coefficient (Wildman–Crippen LogP) is 3.62. The van der Waals surface area contributed by atoms with Crippen LogP contribution in [0.5, 0.6) is 0 Å². The van der Waals surface area contributed by atoms with Crippen molar-refractivity contribution in [3.63, 3.8) is 0 Å². The van der Waals surface area contributed by atoms with Crippen molar-refractivity contribution < 1.29 is 9.59 Å². The summed E-state index contributed by atoms with van der Waals surface area (Å²) in [6, 6.07) is 11.7. The quantitative estimate of drug-likeness (QED) is 0.886. The molecule has 4 nitrogen and oxygen atoms in total. The van der Waals surface area contributed by atoms with E-state index in [4.69, 9.17) is 23.2 Å². The number of amides is 2. The fourth-order valence-corrected chi connectivity index (χ4v) is 3.27. The van der Waals surface area contributed by atoms with Crippen LogP contribution in [0.15, 0.2) is 42.5 Å². The van der Waals surface area contributed by atoms with E-state index < -0.39 is 6.04 Å². The second kappa shape index (κ2) is 6.83. The molecular weight excluding hydrogens is 347 g/mol. The standard InChI is InChI=1S/C18H16Cl2N2O2/c1-11-2-4-12(5-3-11)16-17(23)21-8-9-22(16)18(24)14-7-6-13(19)10-15(14)20/h2-7,10,16H,8-9H2,1H3,(H,21,23). The molecule has 124 valence electrons. The number of hydrogen-bond donors (Lipinski definition) is 1. The molecule has 1 N–H and O–H groups in total. The Kier molecular flexibility index (Phi) is 4.78. The van der Waals surface area contributed by atoms with E-state index in [-0.39, 0.29) is 16.8 Å². The third kappa shape index (κ3) is 3.25. The van der Waals surface area contributed by atoms with Crippen molar-refractivity contribution in [2.24, 2.45) is 0 Å². The van der Waals surface area contributed by atoms with Crippen molar-refractivity contribution in [2.45, 2.75) is 13.0 Å². The summed E-state index contributed by atoms with van der Waals surface area (Å²) in [6.07, 6.45) is 0. The summed E-state index contributed by atoms with van der Waals surface area (Å²) < 4.78 is 0. The number of aryl methyl sites for hydroxylation is 1. The van der Waals surface area contributed by atoms with Gasteiger partial charge in [-0.05, 0) is 30.7 Å². The Morgan fingerprint density at radius 2 is 1.88 bits per heavy atom. The fraction of sp³-hybridized carbons (Fsp3) is 0.222. The van der Waals surface area contributed by atoms with Crippen molar-refractivity contribution in [3.05, 3.63) is 69.2 Å². The monoisotopic (exact) mass is 362 g/mol. The molecule has 1 aliphatic heterocycles. The molecule has 1 fully saturated rings. The third-order valence-corrected chi connectivity index (χ3v) is 4.58. The molecule has 0 aromatic heterocycles. The molecule has 24 heavy (non-hydrogen) atoms. The van der Waals surface area contributed by atoms with Gasteiger partial charge in [0.1, 0.15) is 6.04 Å². The number of nitrogens with one attached hydrogen (secondary N) is 1. The van der Waals surface area contributed by atoms with E-state index in [2.05, 4.69) is 5.32 Å². The molecule has 6 heteroatoms. The van der Waals surface area contributed by atoms with Crippen LogP contribution in [0.1, 0.15) is 27.5 Å². The predicted molar refractivity (Wildman–Crippen MR) is 94.4 cm³/mol. The third-order valence-electron chi connectivity index (χ3n) is 4.03. The van der Waals surface area contributed by atoms with E-state index in [0.29, 0.717) is 23.7 Å². The number of carbonyl (C=O) groups excluding carboxylic acids is 2. The Hall–Kier alpha value is -2.04. The summed E-state index contributed by atoms with van der Waals surface area (Å²) in [7, 11) is 0. The zero-order valence-corrected chi connectivity index (χ0v) is 14.6. The molecule has 2 amide bonds. The molecular formula is C18H16Cl2N2O2. The lowest BCUT2D eigenvalue weighted by Gasteiger charge is -2.35. The smallest absolute Gasteiger partial charge is 0.256 e. The van der Waals surface area contributed by atoms with Gasteiger partial charge in [-0.3, -0.25) is 9.59 Å². The van der Waals surface area contributed by atoms with E-state index in [0.717, 1.165) is 11.1 Å². The first kappa shape index (κ1) is 16.8. The molecule has 0 radical (unpaired) electrons. The Balaban J connectivity index is 1.98. The number of nitrogens with zero attached hydrogens (tertiary/aromatic N) is 1. The largest absolute Gasteiger partial charge is 0.352 e. The van der Waals surface area contributed by atoms with Crippen LogP contribution in [0.2, 0.25) is 10.0 Å². The maximum atomic E-state index is 12.9. The van der Waals surface area contributed by atoms with Crippen molar-refractivity contribution in [2.75, 3.05) is 13.1 Å². The molecule has 1 saturated heterocycles. The van der Waals surface area contributed by atoms with Gasteiger partial charge in [-0.1, -0.05) is 53.0 Å². The summed E-state index contributed by atoms with van der Waals surface area (Å²) in [6.45, 7) is 2.81. The highest BCUT2D eigenvalue weighted by Gasteiger charge is 2.35. The van der Waals surface area contributed by atoms with Crippen molar-refractivity contribution >= 4 is 35.0 Å². The van der Waals surface area contributed by atoms with Crippen molar-refractivity contribution in [1.29, 1.82) is 0 Å². The summed E-state index contributed by atoms with van der Waals surface area (Å²) >= 11 is 12.1. The molecule has 2 aromatic carbocycles. The molecule has 0 aliphatic carbocycles. The zero-order valence-electron chi connectivity index (χ0n) is 13.1. The van der Waals surface area contributed by atoms with Crippen LogP contribution in [-0.4, -0.2) is 29.8 Å². The minimum atomic E-state index is -0.668. The van der Waals surface area contributed by atoms with Gasteiger partial charge < -0.3 is 10.2 Å². The molecule has 3 rings (SSSR count). The Morgan fingerprint density at radius 3 is 2.54 bits per heavy atom. The first-order chi connectivity index (χ1) is 11.5. The molecule has 0 saturated carbocycles. The van der Waals surface area contributed by atoms with Crippen molar-refractivity contribution in [3.8, 4) is 0 Å². The molecule has 0 spiro atoms. The SMILES string of the molecule is Cc1ccc(C2C(=O)NCCN2C(=O)c2ccc(Cl)cc2Cl)cc1.